The normalized spacial score (nSPS) is 14.1. The number of halogens is 1. The van der Waals surface area contributed by atoms with Gasteiger partial charge in [0.1, 0.15) is 17.4 Å². The minimum atomic E-state index is -0.293. The van der Waals surface area contributed by atoms with Gasteiger partial charge in [-0.2, -0.15) is 0 Å². The summed E-state index contributed by atoms with van der Waals surface area (Å²) in [6.45, 7) is 5.63. The van der Waals surface area contributed by atoms with Crippen molar-refractivity contribution in [3.8, 4) is 16.9 Å². The number of carbonyl (C=O) groups is 1. The SMILES string of the molecule is C=Cc1ccc(-n2cc(-c3ccc(F)cc3)nc2CC(=O)CCC2CCN(c3noc4ccccc34)CC2)cc1. The molecule has 1 aliphatic heterocycles. The van der Waals surface area contributed by atoms with E-state index in [0.29, 0.717) is 23.9 Å². The Morgan fingerprint density at radius 1 is 1.02 bits per heavy atom. The Hall–Kier alpha value is -4.52. The lowest BCUT2D eigenvalue weighted by Crippen LogP contribution is -2.34. The van der Waals surface area contributed by atoms with Gasteiger partial charge in [-0.3, -0.25) is 4.79 Å². The Morgan fingerprint density at radius 2 is 1.77 bits per heavy atom. The van der Waals surface area contributed by atoms with Gasteiger partial charge >= 0.3 is 0 Å². The first-order valence-corrected chi connectivity index (χ1v) is 13.8. The summed E-state index contributed by atoms with van der Waals surface area (Å²) in [4.78, 5) is 20.3. The number of carbonyl (C=O) groups excluding carboxylic acids is 1. The van der Waals surface area contributed by atoms with Crippen LogP contribution in [-0.4, -0.2) is 33.6 Å². The predicted molar refractivity (Wildman–Crippen MR) is 156 cm³/mol. The van der Waals surface area contributed by atoms with Crippen molar-refractivity contribution >= 4 is 28.6 Å². The number of aromatic nitrogens is 3. The van der Waals surface area contributed by atoms with E-state index in [1.54, 1.807) is 18.2 Å². The molecule has 0 N–H and O–H groups in total. The van der Waals surface area contributed by atoms with Crippen molar-refractivity contribution in [2.24, 2.45) is 5.92 Å². The van der Waals surface area contributed by atoms with Crippen LogP contribution in [-0.2, 0) is 11.2 Å². The van der Waals surface area contributed by atoms with Gasteiger partial charge in [-0.25, -0.2) is 9.37 Å². The average molecular weight is 535 g/mol. The van der Waals surface area contributed by atoms with Crippen molar-refractivity contribution in [3.63, 3.8) is 0 Å². The largest absolute Gasteiger partial charge is 0.354 e. The number of imidazole rings is 1. The maximum absolute atomic E-state index is 13.5. The molecule has 6 nitrogen and oxygen atoms in total. The van der Waals surface area contributed by atoms with Crippen LogP contribution in [0.15, 0.2) is 90.1 Å². The van der Waals surface area contributed by atoms with E-state index >= 15 is 0 Å². The third-order valence-corrected chi connectivity index (χ3v) is 7.79. The molecule has 0 aliphatic carbocycles. The van der Waals surface area contributed by atoms with Crippen LogP contribution in [0.3, 0.4) is 0 Å². The third kappa shape index (κ3) is 5.45. The van der Waals surface area contributed by atoms with E-state index in [2.05, 4.69) is 16.6 Å². The number of hydrogen-bond acceptors (Lipinski definition) is 5. The molecular weight excluding hydrogens is 503 g/mol. The van der Waals surface area contributed by atoms with Gasteiger partial charge in [0, 0.05) is 37.0 Å². The fourth-order valence-corrected chi connectivity index (χ4v) is 5.46. The highest BCUT2D eigenvalue weighted by molar-refractivity contribution is 5.88. The molecule has 0 amide bonds. The number of anilines is 1. The first kappa shape index (κ1) is 25.7. The summed E-state index contributed by atoms with van der Waals surface area (Å²) >= 11 is 0. The van der Waals surface area contributed by atoms with E-state index in [1.807, 2.05) is 59.3 Å². The van der Waals surface area contributed by atoms with Crippen LogP contribution < -0.4 is 4.90 Å². The molecule has 0 bridgehead atoms. The zero-order valence-corrected chi connectivity index (χ0v) is 22.3. The third-order valence-electron chi connectivity index (χ3n) is 7.79. The number of Topliss-reactive ketones (excluding diaryl/α,β-unsaturated/α-hetero) is 1. The van der Waals surface area contributed by atoms with Gasteiger partial charge in [0.15, 0.2) is 11.4 Å². The lowest BCUT2D eigenvalue weighted by molar-refractivity contribution is -0.118. The Kier molecular flexibility index (Phi) is 7.27. The monoisotopic (exact) mass is 534 g/mol. The highest BCUT2D eigenvalue weighted by Crippen LogP contribution is 2.31. The lowest BCUT2D eigenvalue weighted by atomic mass is 9.91. The van der Waals surface area contributed by atoms with Crippen LogP contribution in [0.2, 0.25) is 0 Å². The topological polar surface area (TPSA) is 64.2 Å². The summed E-state index contributed by atoms with van der Waals surface area (Å²) in [6, 6.07) is 22.2. The van der Waals surface area contributed by atoms with Gasteiger partial charge in [0.05, 0.1) is 17.5 Å². The molecule has 1 fully saturated rings. The van der Waals surface area contributed by atoms with Gasteiger partial charge in [-0.05, 0) is 79.3 Å². The highest BCUT2D eigenvalue weighted by atomic mass is 19.1. The summed E-state index contributed by atoms with van der Waals surface area (Å²) < 4.78 is 21.0. The molecule has 1 aliphatic rings. The number of nitrogens with zero attached hydrogens (tertiary/aromatic N) is 4. The minimum Gasteiger partial charge on any atom is -0.354 e. The molecular formula is C33H31FN4O2. The van der Waals surface area contributed by atoms with Crippen molar-refractivity contribution in [3.05, 3.63) is 103 Å². The molecule has 0 radical (unpaired) electrons. The van der Waals surface area contributed by atoms with Crippen LogP contribution in [0.4, 0.5) is 10.2 Å². The van der Waals surface area contributed by atoms with Gasteiger partial charge in [-0.15, -0.1) is 0 Å². The fourth-order valence-electron chi connectivity index (χ4n) is 5.46. The highest BCUT2D eigenvalue weighted by Gasteiger charge is 2.24. The molecule has 0 saturated carbocycles. The van der Waals surface area contributed by atoms with Crippen molar-refractivity contribution in [1.29, 1.82) is 0 Å². The standard InChI is InChI=1S/C33H31FN4O2/c1-2-23-7-14-27(15-8-23)38-22-30(25-10-12-26(34)13-11-25)35-32(38)21-28(39)16-9-24-17-19-37(20-18-24)33-29-5-3-4-6-31(29)40-36-33/h2-8,10-15,22,24H,1,9,16-21H2. The zero-order valence-electron chi connectivity index (χ0n) is 22.3. The second kappa shape index (κ2) is 11.3. The average Bonchev–Trinajstić information content (AvgIpc) is 3.61. The van der Waals surface area contributed by atoms with Gasteiger partial charge in [-0.1, -0.05) is 42.1 Å². The van der Waals surface area contributed by atoms with E-state index in [-0.39, 0.29) is 18.0 Å². The first-order chi connectivity index (χ1) is 19.6. The maximum Gasteiger partial charge on any atom is 0.179 e. The van der Waals surface area contributed by atoms with Crippen molar-refractivity contribution in [1.82, 2.24) is 14.7 Å². The summed E-state index contributed by atoms with van der Waals surface area (Å²) in [5.41, 5.74) is 4.26. The van der Waals surface area contributed by atoms with E-state index in [0.717, 1.165) is 66.0 Å². The molecule has 3 aromatic carbocycles. The molecule has 40 heavy (non-hydrogen) atoms. The number of rotatable bonds is 9. The van der Waals surface area contributed by atoms with Gasteiger partial charge < -0.3 is 14.0 Å². The fraction of sp³-hybridized carbons (Fsp3) is 0.242. The zero-order chi connectivity index (χ0) is 27.5. The first-order valence-electron chi connectivity index (χ1n) is 13.8. The van der Waals surface area contributed by atoms with E-state index in [4.69, 9.17) is 9.51 Å². The molecule has 0 spiro atoms. The van der Waals surface area contributed by atoms with E-state index in [1.165, 1.54) is 12.1 Å². The van der Waals surface area contributed by atoms with Crippen LogP contribution in [0.1, 0.15) is 37.1 Å². The summed E-state index contributed by atoms with van der Waals surface area (Å²) in [5, 5.41) is 5.35. The second-order valence-electron chi connectivity index (χ2n) is 10.4. The number of para-hydroxylation sites is 1. The Labute approximate surface area is 232 Å². The number of benzene rings is 3. The molecule has 7 heteroatoms. The Bertz CT molecular complexity index is 1630. The van der Waals surface area contributed by atoms with Crippen molar-refractivity contribution in [2.75, 3.05) is 18.0 Å². The molecule has 3 heterocycles. The van der Waals surface area contributed by atoms with Gasteiger partial charge in [0.2, 0.25) is 0 Å². The van der Waals surface area contributed by atoms with Gasteiger partial charge in [0.25, 0.3) is 0 Å². The lowest BCUT2D eigenvalue weighted by Gasteiger charge is -2.31. The minimum absolute atomic E-state index is 0.171. The van der Waals surface area contributed by atoms with E-state index in [9.17, 15) is 9.18 Å². The van der Waals surface area contributed by atoms with Crippen LogP contribution >= 0.6 is 0 Å². The smallest absolute Gasteiger partial charge is 0.179 e. The predicted octanol–water partition coefficient (Wildman–Crippen LogP) is 7.27. The van der Waals surface area contributed by atoms with Crippen LogP contribution in [0, 0.1) is 11.7 Å². The second-order valence-corrected chi connectivity index (χ2v) is 10.4. The van der Waals surface area contributed by atoms with E-state index < -0.39 is 0 Å². The van der Waals surface area contributed by atoms with Crippen LogP contribution in [0.25, 0.3) is 34.0 Å². The molecule has 2 aromatic heterocycles. The summed E-state index contributed by atoms with van der Waals surface area (Å²) in [5.74, 6) is 1.97. The number of hydrogen-bond donors (Lipinski definition) is 0. The molecule has 5 aromatic rings. The molecule has 0 unspecified atom stereocenters. The van der Waals surface area contributed by atoms with Crippen LogP contribution in [0.5, 0.6) is 0 Å². The molecule has 0 atom stereocenters. The molecule has 202 valence electrons. The number of fused-ring (bicyclic) bond motifs is 1. The number of ketones is 1. The Morgan fingerprint density at radius 3 is 2.52 bits per heavy atom. The van der Waals surface area contributed by atoms with Crippen molar-refractivity contribution < 1.29 is 13.7 Å². The Balaban J connectivity index is 1.11. The molecule has 6 rings (SSSR count). The summed E-state index contributed by atoms with van der Waals surface area (Å²) in [6.07, 6.45) is 7.39. The number of piperidine rings is 1. The van der Waals surface area contributed by atoms with Crippen molar-refractivity contribution in [2.45, 2.75) is 32.1 Å². The molecule has 1 saturated heterocycles. The maximum atomic E-state index is 13.5. The quantitative estimate of drug-likeness (QED) is 0.199. The summed E-state index contributed by atoms with van der Waals surface area (Å²) in [7, 11) is 0.